The Morgan fingerprint density at radius 3 is 2.87 bits per heavy atom. The molecule has 124 valence electrons. The molecule has 0 aromatic heterocycles. The van der Waals surface area contributed by atoms with Gasteiger partial charge in [-0.3, -0.25) is 0 Å². The number of halogens is 1. The first-order chi connectivity index (χ1) is 11.2. The van der Waals surface area contributed by atoms with Crippen molar-refractivity contribution in [3.63, 3.8) is 0 Å². The third kappa shape index (κ3) is 3.48. The summed E-state index contributed by atoms with van der Waals surface area (Å²) in [6.07, 6.45) is 6.70. The predicted molar refractivity (Wildman–Crippen MR) is 89.7 cm³/mol. The number of urea groups is 1. The lowest BCUT2D eigenvalue weighted by Gasteiger charge is -2.30. The van der Waals surface area contributed by atoms with Gasteiger partial charge in [-0.25, -0.2) is 4.79 Å². The van der Waals surface area contributed by atoms with Gasteiger partial charge in [0.25, 0.3) is 0 Å². The summed E-state index contributed by atoms with van der Waals surface area (Å²) in [7, 11) is 0. The number of hydrogen-bond acceptors (Lipinski definition) is 2. The van der Waals surface area contributed by atoms with Crippen LogP contribution in [0.5, 0.6) is 0 Å². The molecule has 1 saturated carbocycles. The molecule has 2 aliphatic carbocycles. The maximum atomic E-state index is 12.3. The third-order valence-corrected chi connectivity index (χ3v) is 5.52. The van der Waals surface area contributed by atoms with Crippen LogP contribution in [0, 0.1) is 5.92 Å². The van der Waals surface area contributed by atoms with Crippen molar-refractivity contribution in [3.05, 3.63) is 34.3 Å². The maximum absolute atomic E-state index is 12.3. The average molecular weight is 335 g/mol. The maximum Gasteiger partial charge on any atom is 0.315 e. The highest BCUT2D eigenvalue weighted by molar-refractivity contribution is 6.30. The summed E-state index contributed by atoms with van der Waals surface area (Å²) in [6.45, 7) is 0.761. The van der Waals surface area contributed by atoms with E-state index in [0.717, 1.165) is 43.2 Å². The molecule has 3 unspecified atom stereocenters. The summed E-state index contributed by atoms with van der Waals surface area (Å²) in [4.78, 5) is 12.3. The molecule has 2 fully saturated rings. The van der Waals surface area contributed by atoms with Gasteiger partial charge in [0.15, 0.2) is 0 Å². The molecular weight excluding hydrogens is 312 g/mol. The molecule has 2 amide bonds. The Hall–Kier alpha value is -1.26. The molecule has 1 aliphatic heterocycles. The van der Waals surface area contributed by atoms with Crippen molar-refractivity contribution in [3.8, 4) is 0 Å². The summed E-state index contributed by atoms with van der Waals surface area (Å²) in [5.74, 6) is 0.731. The molecule has 5 heteroatoms. The first-order valence-electron chi connectivity index (χ1n) is 8.66. The van der Waals surface area contributed by atoms with Crippen LogP contribution in [0.25, 0.3) is 0 Å². The number of hydrogen-bond donors (Lipinski definition) is 2. The van der Waals surface area contributed by atoms with Crippen molar-refractivity contribution < 1.29 is 9.53 Å². The van der Waals surface area contributed by atoms with E-state index in [-0.39, 0.29) is 18.1 Å². The first kappa shape index (κ1) is 15.3. The molecule has 3 atom stereocenters. The molecule has 1 aromatic carbocycles. The van der Waals surface area contributed by atoms with Gasteiger partial charge in [-0.05, 0) is 67.7 Å². The van der Waals surface area contributed by atoms with E-state index < -0.39 is 0 Å². The van der Waals surface area contributed by atoms with E-state index in [1.807, 2.05) is 18.2 Å². The minimum atomic E-state index is -0.0563. The van der Waals surface area contributed by atoms with Gasteiger partial charge in [-0.15, -0.1) is 0 Å². The lowest BCUT2D eigenvalue weighted by atomic mass is 10.0. The van der Waals surface area contributed by atoms with E-state index in [1.165, 1.54) is 24.0 Å². The second kappa shape index (κ2) is 6.33. The number of amides is 2. The zero-order valence-electron chi connectivity index (χ0n) is 13.2. The Balaban J connectivity index is 1.32. The van der Waals surface area contributed by atoms with Gasteiger partial charge in [-0.1, -0.05) is 17.7 Å². The number of benzene rings is 1. The molecule has 4 nitrogen and oxygen atoms in total. The Morgan fingerprint density at radius 2 is 2.04 bits per heavy atom. The van der Waals surface area contributed by atoms with Crippen LogP contribution in [0.2, 0.25) is 5.02 Å². The van der Waals surface area contributed by atoms with Crippen LogP contribution in [-0.4, -0.2) is 24.8 Å². The molecule has 3 aliphatic rings. The Bertz CT molecular complexity index is 603. The summed E-state index contributed by atoms with van der Waals surface area (Å²) in [5, 5.41) is 7.04. The largest absolute Gasteiger partial charge is 0.378 e. The normalized spacial score (nSPS) is 29.9. The summed E-state index contributed by atoms with van der Waals surface area (Å²) >= 11 is 6.04. The van der Waals surface area contributed by atoms with Gasteiger partial charge < -0.3 is 15.4 Å². The fourth-order valence-corrected chi connectivity index (χ4v) is 4.07. The molecule has 1 saturated heterocycles. The summed E-state index contributed by atoms with van der Waals surface area (Å²) in [6, 6.07) is 6.22. The quantitative estimate of drug-likeness (QED) is 0.887. The van der Waals surface area contributed by atoms with Crippen LogP contribution in [0.3, 0.4) is 0 Å². The average Bonchev–Trinajstić information content (AvgIpc) is 3.31. The Labute approximate surface area is 141 Å². The molecule has 2 N–H and O–H groups in total. The highest BCUT2D eigenvalue weighted by Gasteiger charge is 2.36. The highest BCUT2D eigenvalue weighted by atomic mass is 35.5. The molecule has 4 rings (SSSR count). The van der Waals surface area contributed by atoms with Crippen molar-refractivity contribution >= 4 is 17.6 Å². The molecular formula is C18H23ClN2O2. The van der Waals surface area contributed by atoms with Gasteiger partial charge in [0.1, 0.15) is 0 Å². The lowest BCUT2D eigenvalue weighted by Crippen LogP contribution is -2.47. The van der Waals surface area contributed by atoms with Crippen molar-refractivity contribution in [1.29, 1.82) is 0 Å². The van der Waals surface area contributed by atoms with Crippen LogP contribution in [0.4, 0.5) is 4.79 Å². The number of aryl methyl sites for hydroxylation is 1. The molecule has 1 aromatic rings. The zero-order valence-corrected chi connectivity index (χ0v) is 13.9. The first-order valence-corrected chi connectivity index (χ1v) is 9.04. The zero-order chi connectivity index (χ0) is 15.8. The molecule has 1 heterocycles. The minimum Gasteiger partial charge on any atom is -0.378 e. The second-order valence-corrected chi connectivity index (χ2v) is 7.46. The smallest absolute Gasteiger partial charge is 0.315 e. The number of carbonyl (C=O) groups is 1. The topological polar surface area (TPSA) is 50.4 Å². The SMILES string of the molecule is O=C(NC1CCOC(C2CC2)C1)NC1CCc2cc(Cl)ccc21. The van der Waals surface area contributed by atoms with E-state index in [4.69, 9.17) is 16.3 Å². The molecule has 0 spiro atoms. The van der Waals surface area contributed by atoms with Crippen molar-refractivity contribution in [2.24, 2.45) is 5.92 Å². The van der Waals surface area contributed by atoms with Crippen LogP contribution < -0.4 is 10.6 Å². The van der Waals surface area contributed by atoms with Crippen LogP contribution in [0.1, 0.15) is 49.3 Å². The van der Waals surface area contributed by atoms with Gasteiger partial charge in [-0.2, -0.15) is 0 Å². The second-order valence-electron chi connectivity index (χ2n) is 7.02. The molecule has 0 radical (unpaired) electrons. The van der Waals surface area contributed by atoms with E-state index in [1.54, 1.807) is 0 Å². The van der Waals surface area contributed by atoms with Crippen LogP contribution in [-0.2, 0) is 11.2 Å². The minimum absolute atomic E-state index is 0.0563. The fraction of sp³-hybridized carbons (Fsp3) is 0.611. The Morgan fingerprint density at radius 1 is 1.17 bits per heavy atom. The highest BCUT2D eigenvalue weighted by Crippen LogP contribution is 2.38. The van der Waals surface area contributed by atoms with Crippen molar-refractivity contribution in [2.45, 2.75) is 56.7 Å². The summed E-state index contributed by atoms with van der Waals surface area (Å²) < 4.78 is 5.82. The van der Waals surface area contributed by atoms with Gasteiger partial charge in [0.05, 0.1) is 12.1 Å². The van der Waals surface area contributed by atoms with E-state index in [2.05, 4.69) is 10.6 Å². The standard InChI is InChI=1S/C18H23ClN2O2/c19-13-4-5-15-12(9-13)3-6-16(15)21-18(22)20-14-7-8-23-17(10-14)11-1-2-11/h4-5,9,11,14,16-17H,1-3,6-8,10H2,(H2,20,21,22). The monoisotopic (exact) mass is 334 g/mol. The summed E-state index contributed by atoms with van der Waals surface area (Å²) in [5.41, 5.74) is 2.45. The van der Waals surface area contributed by atoms with Crippen LogP contribution >= 0.6 is 11.6 Å². The Kier molecular flexibility index (Phi) is 4.20. The third-order valence-electron chi connectivity index (χ3n) is 5.29. The van der Waals surface area contributed by atoms with Gasteiger partial charge in [0.2, 0.25) is 0 Å². The van der Waals surface area contributed by atoms with E-state index in [9.17, 15) is 4.79 Å². The van der Waals surface area contributed by atoms with Gasteiger partial charge >= 0.3 is 6.03 Å². The van der Waals surface area contributed by atoms with Crippen molar-refractivity contribution in [2.75, 3.05) is 6.61 Å². The van der Waals surface area contributed by atoms with Crippen molar-refractivity contribution in [1.82, 2.24) is 10.6 Å². The fourth-order valence-electron chi connectivity index (χ4n) is 3.88. The lowest BCUT2D eigenvalue weighted by molar-refractivity contribution is -0.00918. The number of carbonyl (C=O) groups excluding carboxylic acids is 1. The number of rotatable bonds is 3. The number of nitrogens with one attached hydrogen (secondary N) is 2. The van der Waals surface area contributed by atoms with E-state index >= 15 is 0 Å². The number of ether oxygens (including phenoxy) is 1. The van der Waals surface area contributed by atoms with Gasteiger partial charge in [0, 0.05) is 17.7 Å². The van der Waals surface area contributed by atoms with Crippen LogP contribution in [0.15, 0.2) is 18.2 Å². The molecule has 23 heavy (non-hydrogen) atoms. The van der Waals surface area contributed by atoms with E-state index in [0.29, 0.717) is 6.10 Å². The number of fused-ring (bicyclic) bond motifs is 1. The predicted octanol–water partition coefficient (Wildman–Crippen LogP) is 3.58. The molecule has 0 bridgehead atoms.